The summed E-state index contributed by atoms with van der Waals surface area (Å²) >= 11 is 5.04. The monoisotopic (exact) mass is 429 g/mol. The van der Waals surface area contributed by atoms with E-state index in [-0.39, 0.29) is 5.78 Å². The summed E-state index contributed by atoms with van der Waals surface area (Å²) in [6, 6.07) is 17.6. The molecular weight excluding hydrogens is 410 g/mol. The summed E-state index contributed by atoms with van der Waals surface area (Å²) in [4.78, 5) is 12.2. The maximum absolute atomic E-state index is 12.2. The zero-order valence-electron chi connectivity index (χ0n) is 14.6. The van der Waals surface area contributed by atoms with Gasteiger partial charge in [0.1, 0.15) is 0 Å². The van der Waals surface area contributed by atoms with E-state index in [9.17, 15) is 4.79 Å². The molecule has 26 heavy (non-hydrogen) atoms. The summed E-state index contributed by atoms with van der Waals surface area (Å²) in [5.74, 6) is 1.91. The van der Waals surface area contributed by atoms with Crippen molar-refractivity contribution >= 4 is 33.5 Å². The summed E-state index contributed by atoms with van der Waals surface area (Å²) in [6.07, 6.45) is 1.36. The van der Waals surface area contributed by atoms with Gasteiger partial charge in [0.25, 0.3) is 0 Å². The lowest BCUT2D eigenvalue weighted by Gasteiger charge is -2.07. The Labute approximate surface area is 166 Å². The van der Waals surface area contributed by atoms with E-state index in [2.05, 4.69) is 37.6 Å². The van der Waals surface area contributed by atoms with Crippen LogP contribution in [0.2, 0.25) is 0 Å². The summed E-state index contributed by atoms with van der Waals surface area (Å²) in [5.41, 5.74) is 1.83. The molecule has 1 heterocycles. The molecular formula is C20H20BrN3OS. The van der Waals surface area contributed by atoms with Crippen molar-refractivity contribution in [3.63, 3.8) is 0 Å². The standard InChI is InChI=1S/C20H20BrN3OS/c1-2-24-19(16-7-4-3-5-8-16)22-23-20(24)26-14-6-9-18(25)15-10-12-17(21)13-11-15/h3-5,7-8,10-13H,2,6,9,14H2,1H3. The van der Waals surface area contributed by atoms with Gasteiger partial charge < -0.3 is 4.57 Å². The summed E-state index contributed by atoms with van der Waals surface area (Å²) in [5, 5.41) is 9.59. The number of nitrogens with zero attached hydrogens (tertiary/aromatic N) is 3. The molecule has 2 aromatic carbocycles. The van der Waals surface area contributed by atoms with Gasteiger partial charge in [0, 0.05) is 34.3 Å². The quantitative estimate of drug-likeness (QED) is 0.270. The average Bonchev–Trinajstić information content (AvgIpc) is 3.09. The number of carbonyl (C=O) groups is 1. The highest BCUT2D eigenvalue weighted by molar-refractivity contribution is 9.10. The Morgan fingerprint density at radius 2 is 1.81 bits per heavy atom. The van der Waals surface area contributed by atoms with E-state index in [0.717, 1.165) is 45.3 Å². The van der Waals surface area contributed by atoms with Crippen molar-refractivity contribution in [2.24, 2.45) is 0 Å². The lowest BCUT2D eigenvalue weighted by molar-refractivity contribution is 0.0982. The van der Waals surface area contributed by atoms with Gasteiger partial charge in [-0.2, -0.15) is 0 Å². The van der Waals surface area contributed by atoms with Crippen LogP contribution in [0, 0.1) is 0 Å². The van der Waals surface area contributed by atoms with E-state index in [1.54, 1.807) is 11.8 Å². The number of thioether (sulfide) groups is 1. The predicted octanol–water partition coefficient (Wildman–Crippen LogP) is 5.48. The van der Waals surface area contributed by atoms with Gasteiger partial charge in [-0.1, -0.05) is 70.2 Å². The Morgan fingerprint density at radius 1 is 1.08 bits per heavy atom. The van der Waals surface area contributed by atoms with Crippen LogP contribution < -0.4 is 0 Å². The van der Waals surface area contributed by atoms with Crippen LogP contribution in [0.25, 0.3) is 11.4 Å². The Bertz CT molecular complexity index is 863. The van der Waals surface area contributed by atoms with Crippen molar-refractivity contribution in [2.45, 2.75) is 31.5 Å². The smallest absolute Gasteiger partial charge is 0.191 e. The van der Waals surface area contributed by atoms with Gasteiger partial charge in [-0.15, -0.1) is 10.2 Å². The zero-order chi connectivity index (χ0) is 18.4. The fourth-order valence-corrected chi connectivity index (χ4v) is 3.86. The molecule has 0 unspecified atom stereocenters. The second-order valence-electron chi connectivity index (χ2n) is 5.80. The number of carbonyl (C=O) groups excluding carboxylic acids is 1. The molecule has 0 aliphatic carbocycles. The first kappa shape index (κ1) is 18.9. The number of hydrogen-bond acceptors (Lipinski definition) is 4. The minimum Gasteiger partial charge on any atom is -0.302 e. The number of Topliss-reactive ketones (excluding diaryl/α,β-unsaturated/α-hetero) is 1. The molecule has 4 nitrogen and oxygen atoms in total. The van der Waals surface area contributed by atoms with Crippen molar-refractivity contribution < 1.29 is 4.79 Å². The molecule has 134 valence electrons. The van der Waals surface area contributed by atoms with Crippen LogP contribution in [0.5, 0.6) is 0 Å². The van der Waals surface area contributed by atoms with Gasteiger partial charge in [-0.25, -0.2) is 0 Å². The zero-order valence-corrected chi connectivity index (χ0v) is 17.0. The van der Waals surface area contributed by atoms with Crippen LogP contribution in [0.1, 0.15) is 30.1 Å². The van der Waals surface area contributed by atoms with Crippen molar-refractivity contribution in [2.75, 3.05) is 5.75 Å². The molecule has 0 saturated heterocycles. The largest absolute Gasteiger partial charge is 0.302 e. The maximum Gasteiger partial charge on any atom is 0.191 e. The molecule has 3 aromatic rings. The number of aromatic nitrogens is 3. The third-order valence-electron chi connectivity index (χ3n) is 4.01. The molecule has 0 amide bonds. The fourth-order valence-electron chi connectivity index (χ4n) is 2.66. The van der Waals surface area contributed by atoms with Crippen molar-refractivity contribution in [1.29, 1.82) is 0 Å². The minimum absolute atomic E-state index is 0.181. The topological polar surface area (TPSA) is 47.8 Å². The van der Waals surface area contributed by atoms with E-state index in [0.29, 0.717) is 6.42 Å². The maximum atomic E-state index is 12.2. The molecule has 0 aliphatic heterocycles. The molecule has 0 N–H and O–H groups in total. The highest BCUT2D eigenvalue weighted by Gasteiger charge is 2.13. The highest BCUT2D eigenvalue weighted by atomic mass is 79.9. The van der Waals surface area contributed by atoms with E-state index in [1.165, 1.54) is 0 Å². The molecule has 1 aromatic heterocycles. The average molecular weight is 430 g/mol. The van der Waals surface area contributed by atoms with E-state index >= 15 is 0 Å². The van der Waals surface area contributed by atoms with Gasteiger partial charge in [0.2, 0.25) is 0 Å². The van der Waals surface area contributed by atoms with E-state index in [1.807, 2.05) is 54.6 Å². The van der Waals surface area contributed by atoms with Gasteiger partial charge in [0.05, 0.1) is 0 Å². The normalized spacial score (nSPS) is 10.8. The molecule has 0 radical (unpaired) electrons. The summed E-state index contributed by atoms with van der Waals surface area (Å²) in [6.45, 7) is 2.91. The first-order chi connectivity index (χ1) is 12.7. The minimum atomic E-state index is 0.181. The van der Waals surface area contributed by atoms with Crippen molar-refractivity contribution in [1.82, 2.24) is 14.8 Å². The number of hydrogen-bond donors (Lipinski definition) is 0. The Hall–Kier alpha value is -1.92. The fraction of sp³-hybridized carbons (Fsp3) is 0.250. The molecule has 0 aliphatic rings. The number of ketones is 1. The van der Waals surface area contributed by atoms with Crippen molar-refractivity contribution in [3.8, 4) is 11.4 Å². The van der Waals surface area contributed by atoms with Gasteiger partial charge in [-0.05, 0) is 25.5 Å². The van der Waals surface area contributed by atoms with Crippen LogP contribution in [0.4, 0.5) is 0 Å². The lowest BCUT2D eigenvalue weighted by atomic mass is 10.1. The van der Waals surface area contributed by atoms with E-state index in [4.69, 9.17) is 0 Å². The van der Waals surface area contributed by atoms with Gasteiger partial charge in [-0.3, -0.25) is 4.79 Å². The third kappa shape index (κ3) is 4.62. The second-order valence-corrected chi connectivity index (χ2v) is 7.78. The highest BCUT2D eigenvalue weighted by Crippen LogP contribution is 2.24. The molecule has 0 saturated carbocycles. The molecule has 0 atom stereocenters. The lowest BCUT2D eigenvalue weighted by Crippen LogP contribution is -2.01. The Morgan fingerprint density at radius 3 is 2.50 bits per heavy atom. The van der Waals surface area contributed by atoms with Crippen LogP contribution in [0.3, 0.4) is 0 Å². The second kappa shape index (κ2) is 9.14. The van der Waals surface area contributed by atoms with Gasteiger partial charge in [0.15, 0.2) is 16.8 Å². The third-order valence-corrected chi connectivity index (χ3v) is 5.59. The van der Waals surface area contributed by atoms with Crippen molar-refractivity contribution in [3.05, 3.63) is 64.6 Å². The molecule has 0 spiro atoms. The van der Waals surface area contributed by atoms with Crippen LogP contribution in [0.15, 0.2) is 64.2 Å². The summed E-state index contributed by atoms with van der Waals surface area (Å²) in [7, 11) is 0. The van der Waals surface area contributed by atoms with Crippen LogP contribution >= 0.6 is 27.7 Å². The van der Waals surface area contributed by atoms with Crippen LogP contribution in [-0.4, -0.2) is 26.3 Å². The molecule has 6 heteroatoms. The SMILES string of the molecule is CCn1c(SCCCC(=O)c2ccc(Br)cc2)nnc1-c1ccccc1. The Kier molecular flexibility index (Phi) is 6.63. The number of rotatable bonds is 8. The van der Waals surface area contributed by atoms with E-state index < -0.39 is 0 Å². The van der Waals surface area contributed by atoms with Crippen LogP contribution in [-0.2, 0) is 6.54 Å². The Balaban J connectivity index is 1.56. The molecule has 0 bridgehead atoms. The number of benzene rings is 2. The predicted molar refractivity (Wildman–Crippen MR) is 110 cm³/mol. The number of halogens is 1. The first-order valence-electron chi connectivity index (χ1n) is 8.59. The molecule has 3 rings (SSSR count). The summed E-state index contributed by atoms with van der Waals surface area (Å²) < 4.78 is 3.11. The van der Waals surface area contributed by atoms with Gasteiger partial charge >= 0.3 is 0 Å². The molecule has 0 fully saturated rings. The first-order valence-corrected chi connectivity index (χ1v) is 10.4.